The van der Waals surface area contributed by atoms with Crippen LogP contribution < -0.4 is 11.1 Å². The Morgan fingerprint density at radius 2 is 2.24 bits per heavy atom. The predicted octanol–water partition coefficient (Wildman–Crippen LogP) is 2.45. The summed E-state index contributed by atoms with van der Waals surface area (Å²) in [6.07, 6.45) is 5.34. The Bertz CT molecular complexity index is 724. The fourth-order valence-corrected chi connectivity index (χ4v) is 3.81. The number of carbonyl (C=O) groups is 1. The lowest BCUT2D eigenvalue weighted by Gasteiger charge is -2.01. The van der Waals surface area contributed by atoms with E-state index in [-0.39, 0.29) is 11.7 Å². The molecule has 108 valence electrons. The van der Waals surface area contributed by atoms with Gasteiger partial charge in [0.15, 0.2) is 0 Å². The van der Waals surface area contributed by atoms with Crippen molar-refractivity contribution in [2.24, 2.45) is 0 Å². The van der Waals surface area contributed by atoms with Crippen molar-refractivity contribution in [2.75, 3.05) is 11.1 Å². The number of carbonyl (C=O) groups excluding carboxylic acids is 1. The molecule has 0 spiro atoms. The number of nitrogens with zero attached hydrogens (tertiary/aromatic N) is 2. The van der Waals surface area contributed by atoms with Crippen molar-refractivity contribution in [3.05, 3.63) is 27.8 Å². The molecule has 0 saturated heterocycles. The number of thiophene rings is 1. The molecule has 6 nitrogen and oxygen atoms in total. The number of aryl methyl sites for hydroxylation is 1. The summed E-state index contributed by atoms with van der Waals surface area (Å²) in [7, 11) is 0. The zero-order chi connectivity index (χ0) is 14.8. The smallest absolute Gasteiger partial charge is 0.274 e. The normalized spacial score (nSPS) is 14.0. The number of anilines is 2. The quantitative estimate of drug-likeness (QED) is 0.740. The van der Waals surface area contributed by atoms with Gasteiger partial charge in [0, 0.05) is 10.9 Å². The van der Waals surface area contributed by atoms with E-state index in [9.17, 15) is 10.1 Å². The number of nitriles is 1. The molecule has 2 aromatic rings. The summed E-state index contributed by atoms with van der Waals surface area (Å²) in [5.41, 5.74) is 7.50. The first-order valence-electron chi connectivity index (χ1n) is 6.86. The molecule has 2 aromatic heterocycles. The van der Waals surface area contributed by atoms with Gasteiger partial charge in [0.1, 0.15) is 22.6 Å². The minimum Gasteiger partial charge on any atom is -0.382 e. The number of rotatable bonds is 2. The summed E-state index contributed by atoms with van der Waals surface area (Å²) >= 11 is 1.51. The van der Waals surface area contributed by atoms with Gasteiger partial charge in [0.25, 0.3) is 5.91 Å². The fraction of sp³-hybridized carbons (Fsp3) is 0.357. The van der Waals surface area contributed by atoms with Crippen molar-refractivity contribution in [3.63, 3.8) is 0 Å². The monoisotopic (exact) mass is 301 g/mol. The van der Waals surface area contributed by atoms with Crippen LogP contribution in [-0.2, 0) is 12.8 Å². The molecule has 21 heavy (non-hydrogen) atoms. The van der Waals surface area contributed by atoms with Crippen molar-refractivity contribution in [1.29, 1.82) is 5.26 Å². The van der Waals surface area contributed by atoms with Gasteiger partial charge in [-0.1, -0.05) is 6.42 Å². The summed E-state index contributed by atoms with van der Waals surface area (Å²) in [4.78, 5) is 13.4. The third kappa shape index (κ3) is 2.62. The summed E-state index contributed by atoms with van der Waals surface area (Å²) in [5.74, 6) is -0.0604. The molecule has 3 rings (SSSR count). The Balaban J connectivity index is 1.89. The Kier molecular flexibility index (Phi) is 3.62. The van der Waals surface area contributed by atoms with Gasteiger partial charge in [-0.2, -0.15) is 10.4 Å². The molecule has 0 aromatic carbocycles. The molecule has 0 aliphatic heterocycles. The lowest BCUT2D eigenvalue weighted by molar-refractivity contribution is 0.102. The Labute approximate surface area is 126 Å². The van der Waals surface area contributed by atoms with Crippen LogP contribution in [0.3, 0.4) is 0 Å². The zero-order valence-electron chi connectivity index (χ0n) is 11.4. The third-order valence-corrected chi connectivity index (χ3v) is 4.81. The van der Waals surface area contributed by atoms with E-state index in [0.717, 1.165) is 31.2 Å². The topological polar surface area (TPSA) is 108 Å². The van der Waals surface area contributed by atoms with E-state index in [0.29, 0.717) is 16.3 Å². The highest BCUT2D eigenvalue weighted by molar-refractivity contribution is 7.16. The van der Waals surface area contributed by atoms with Crippen molar-refractivity contribution in [1.82, 2.24) is 10.2 Å². The average molecular weight is 301 g/mol. The van der Waals surface area contributed by atoms with Gasteiger partial charge in [-0.15, -0.1) is 11.3 Å². The summed E-state index contributed by atoms with van der Waals surface area (Å²) in [6, 6.07) is 3.71. The van der Waals surface area contributed by atoms with Crippen molar-refractivity contribution >= 4 is 28.1 Å². The lowest BCUT2D eigenvalue weighted by atomic mass is 10.1. The van der Waals surface area contributed by atoms with E-state index in [1.165, 1.54) is 28.7 Å². The zero-order valence-corrected chi connectivity index (χ0v) is 12.2. The van der Waals surface area contributed by atoms with Crippen molar-refractivity contribution in [2.45, 2.75) is 32.1 Å². The number of H-pyrrole nitrogens is 1. The second-order valence-electron chi connectivity index (χ2n) is 5.04. The molecular weight excluding hydrogens is 286 g/mol. The molecule has 0 atom stereocenters. The molecule has 2 heterocycles. The van der Waals surface area contributed by atoms with Crippen LogP contribution in [0.25, 0.3) is 0 Å². The van der Waals surface area contributed by atoms with Crippen LogP contribution in [-0.4, -0.2) is 16.1 Å². The van der Waals surface area contributed by atoms with Crippen LogP contribution in [0.5, 0.6) is 0 Å². The van der Waals surface area contributed by atoms with E-state index in [2.05, 4.69) is 21.6 Å². The first kappa shape index (κ1) is 13.6. The Morgan fingerprint density at radius 1 is 1.43 bits per heavy atom. The fourth-order valence-electron chi connectivity index (χ4n) is 2.57. The number of nitrogens with two attached hydrogens (primary N) is 1. The predicted molar refractivity (Wildman–Crippen MR) is 81.2 cm³/mol. The van der Waals surface area contributed by atoms with Gasteiger partial charge in [0.05, 0.1) is 5.56 Å². The number of hydrogen-bond acceptors (Lipinski definition) is 5. The van der Waals surface area contributed by atoms with E-state index in [4.69, 9.17) is 5.73 Å². The van der Waals surface area contributed by atoms with Crippen LogP contribution in [0.2, 0.25) is 0 Å². The highest BCUT2D eigenvalue weighted by atomic mass is 32.1. The van der Waals surface area contributed by atoms with Gasteiger partial charge in [-0.3, -0.25) is 9.89 Å². The van der Waals surface area contributed by atoms with Crippen molar-refractivity contribution < 1.29 is 4.79 Å². The van der Waals surface area contributed by atoms with E-state index < -0.39 is 0 Å². The van der Waals surface area contributed by atoms with Gasteiger partial charge in [-0.05, 0) is 31.2 Å². The summed E-state index contributed by atoms with van der Waals surface area (Å²) < 4.78 is 0. The van der Waals surface area contributed by atoms with Crippen LogP contribution in [0.15, 0.2) is 6.07 Å². The molecular formula is C14H15N5OS. The van der Waals surface area contributed by atoms with Crippen LogP contribution in [0.1, 0.15) is 45.8 Å². The SMILES string of the molecule is N#Cc1c(NC(=O)c2cc(N)n[nH]2)sc2c1CCCCC2. The maximum atomic E-state index is 12.1. The summed E-state index contributed by atoms with van der Waals surface area (Å²) in [5, 5.41) is 19.1. The highest BCUT2D eigenvalue weighted by Gasteiger charge is 2.21. The van der Waals surface area contributed by atoms with E-state index >= 15 is 0 Å². The first-order valence-corrected chi connectivity index (χ1v) is 7.67. The number of aromatic nitrogens is 2. The number of fused-ring (bicyclic) bond motifs is 1. The minimum atomic E-state index is -0.327. The third-order valence-electron chi connectivity index (χ3n) is 3.60. The number of amides is 1. The largest absolute Gasteiger partial charge is 0.382 e. The van der Waals surface area contributed by atoms with E-state index in [1.807, 2.05) is 0 Å². The molecule has 0 saturated carbocycles. The van der Waals surface area contributed by atoms with Crippen LogP contribution >= 0.6 is 11.3 Å². The van der Waals surface area contributed by atoms with Gasteiger partial charge >= 0.3 is 0 Å². The van der Waals surface area contributed by atoms with Gasteiger partial charge < -0.3 is 11.1 Å². The number of nitrogen functional groups attached to an aromatic ring is 1. The second kappa shape index (κ2) is 5.58. The van der Waals surface area contributed by atoms with Crippen LogP contribution in [0, 0.1) is 11.3 Å². The Hall–Kier alpha value is -2.33. The maximum Gasteiger partial charge on any atom is 0.274 e. The molecule has 1 amide bonds. The van der Waals surface area contributed by atoms with Crippen molar-refractivity contribution in [3.8, 4) is 6.07 Å². The second-order valence-corrected chi connectivity index (χ2v) is 6.15. The molecule has 1 aliphatic rings. The number of hydrogen-bond donors (Lipinski definition) is 3. The van der Waals surface area contributed by atoms with E-state index in [1.54, 1.807) is 0 Å². The summed E-state index contributed by atoms with van der Waals surface area (Å²) in [6.45, 7) is 0. The number of nitrogens with one attached hydrogen (secondary N) is 2. The standard InChI is InChI=1S/C14H15N5OS/c15-7-9-8-4-2-1-3-5-11(8)21-14(9)17-13(20)10-6-12(16)19-18-10/h6H,1-5H2,(H,17,20)(H3,16,18,19). The molecule has 7 heteroatoms. The molecule has 0 unspecified atom stereocenters. The number of aromatic amines is 1. The lowest BCUT2D eigenvalue weighted by Crippen LogP contribution is -2.12. The first-order chi connectivity index (χ1) is 10.2. The molecule has 0 radical (unpaired) electrons. The van der Waals surface area contributed by atoms with Crippen LogP contribution in [0.4, 0.5) is 10.8 Å². The average Bonchev–Trinajstić information content (AvgIpc) is 2.96. The highest BCUT2D eigenvalue weighted by Crippen LogP contribution is 2.37. The Morgan fingerprint density at radius 3 is 2.95 bits per heavy atom. The molecule has 4 N–H and O–H groups in total. The minimum absolute atomic E-state index is 0.266. The molecule has 1 aliphatic carbocycles. The van der Waals surface area contributed by atoms with Gasteiger partial charge in [0.2, 0.25) is 0 Å². The van der Waals surface area contributed by atoms with Gasteiger partial charge in [-0.25, -0.2) is 0 Å². The molecule has 0 bridgehead atoms. The maximum absolute atomic E-state index is 12.1. The molecule has 0 fully saturated rings.